The molecular weight excluding hydrogens is 332 g/mol. The zero-order chi connectivity index (χ0) is 18.9. The van der Waals surface area contributed by atoms with Gasteiger partial charge in [0.25, 0.3) is 0 Å². The summed E-state index contributed by atoms with van der Waals surface area (Å²) in [6, 6.07) is 1.29. The standard InChI is InChI=1S/C19H44O3Si2/c1-10-18(23(6,7)17-13-16-21-5)22-24(8,9)19(3,11-2)14-12-15-20-4/h18H,10-17H2,1-9H3. The Morgan fingerprint density at radius 1 is 0.917 bits per heavy atom. The number of methoxy groups -OCH3 is 2. The molecule has 0 aromatic heterocycles. The van der Waals surface area contributed by atoms with Gasteiger partial charge in [-0.2, -0.15) is 0 Å². The summed E-state index contributed by atoms with van der Waals surface area (Å²) in [6.45, 7) is 18.7. The first-order valence-electron chi connectivity index (χ1n) is 9.76. The van der Waals surface area contributed by atoms with E-state index in [0.29, 0.717) is 10.8 Å². The van der Waals surface area contributed by atoms with Crippen LogP contribution in [0.2, 0.25) is 37.3 Å². The molecule has 146 valence electrons. The Kier molecular flexibility index (Phi) is 11.3. The Hall–Kier alpha value is 0.314. The van der Waals surface area contributed by atoms with E-state index >= 15 is 0 Å². The van der Waals surface area contributed by atoms with Crippen molar-refractivity contribution in [2.24, 2.45) is 0 Å². The molecule has 0 fully saturated rings. The lowest BCUT2D eigenvalue weighted by Gasteiger charge is -2.46. The second-order valence-corrected chi connectivity index (χ2v) is 18.2. The van der Waals surface area contributed by atoms with E-state index in [1.807, 2.05) is 0 Å². The smallest absolute Gasteiger partial charge is 0.192 e. The molecule has 0 heterocycles. The Morgan fingerprint density at radius 3 is 1.92 bits per heavy atom. The first-order chi connectivity index (χ1) is 11.1. The van der Waals surface area contributed by atoms with Gasteiger partial charge in [0.1, 0.15) is 0 Å². The van der Waals surface area contributed by atoms with Gasteiger partial charge in [-0.25, -0.2) is 0 Å². The molecule has 2 unspecified atom stereocenters. The first-order valence-corrected chi connectivity index (χ1v) is 15.9. The van der Waals surface area contributed by atoms with Crippen LogP contribution in [0.15, 0.2) is 0 Å². The largest absolute Gasteiger partial charge is 0.417 e. The van der Waals surface area contributed by atoms with E-state index < -0.39 is 16.4 Å². The second kappa shape index (κ2) is 11.1. The SMILES string of the molecule is CCC(O[Si](C)(C)C(C)(CC)CCCOC)[Si](C)(C)CCCOC. The molecule has 0 spiro atoms. The number of hydrogen-bond donors (Lipinski definition) is 0. The zero-order valence-electron chi connectivity index (χ0n) is 18.0. The van der Waals surface area contributed by atoms with Crippen LogP contribution >= 0.6 is 0 Å². The molecule has 0 aliphatic heterocycles. The van der Waals surface area contributed by atoms with E-state index in [-0.39, 0.29) is 0 Å². The maximum Gasteiger partial charge on any atom is 0.192 e. The van der Waals surface area contributed by atoms with Crippen molar-refractivity contribution >= 4 is 16.4 Å². The average molecular weight is 377 g/mol. The van der Waals surface area contributed by atoms with Crippen LogP contribution in [0.3, 0.4) is 0 Å². The monoisotopic (exact) mass is 376 g/mol. The van der Waals surface area contributed by atoms with Crippen molar-refractivity contribution < 1.29 is 13.9 Å². The average Bonchev–Trinajstić information content (AvgIpc) is 2.52. The summed E-state index contributed by atoms with van der Waals surface area (Å²) >= 11 is 0. The molecule has 0 N–H and O–H groups in total. The summed E-state index contributed by atoms with van der Waals surface area (Å²) in [5.74, 6) is 0. The topological polar surface area (TPSA) is 27.7 Å². The summed E-state index contributed by atoms with van der Waals surface area (Å²) < 4.78 is 17.5. The molecule has 24 heavy (non-hydrogen) atoms. The molecule has 3 nitrogen and oxygen atoms in total. The van der Waals surface area contributed by atoms with Gasteiger partial charge in [-0.3, -0.25) is 0 Å². The molecule has 2 atom stereocenters. The summed E-state index contributed by atoms with van der Waals surface area (Å²) in [5, 5.41) is 0.315. The van der Waals surface area contributed by atoms with E-state index in [9.17, 15) is 0 Å². The predicted octanol–water partition coefficient (Wildman–Crippen LogP) is 5.87. The molecule has 0 aliphatic carbocycles. The Bertz CT molecular complexity index is 335. The van der Waals surface area contributed by atoms with E-state index in [1.54, 1.807) is 14.2 Å². The van der Waals surface area contributed by atoms with E-state index in [1.165, 1.54) is 18.9 Å². The zero-order valence-corrected chi connectivity index (χ0v) is 20.0. The molecule has 0 radical (unpaired) electrons. The first kappa shape index (κ1) is 24.3. The minimum absolute atomic E-state index is 0.315. The van der Waals surface area contributed by atoms with Crippen molar-refractivity contribution in [1.82, 2.24) is 0 Å². The summed E-state index contributed by atoms with van der Waals surface area (Å²) in [5.41, 5.74) is 0.462. The maximum absolute atomic E-state index is 6.99. The third-order valence-corrected chi connectivity index (χ3v) is 14.7. The minimum atomic E-state index is -1.80. The Labute approximate surface area is 154 Å². The normalized spacial score (nSPS) is 16.9. The molecule has 0 rings (SSSR count). The van der Waals surface area contributed by atoms with Gasteiger partial charge in [-0.1, -0.05) is 46.3 Å². The minimum Gasteiger partial charge on any atom is -0.417 e. The molecule has 0 amide bonds. The highest BCUT2D eigenvalue weighted by Gasteiger charge is 2.46. The van der Waals surface area contributed by atoms with Gasteiger partial charge in [0.15, 0.2) is 8.32 Å². The highest BCUT2D eigenvalue weighted by molar-refractivity contribution is 6.81. The van der Waals surface area contributed by atoms with Crippen molar-refractivity contribution in [3.8, 4) is 0 Å². The van der Waals surface area contributed by atoms with E-state index in [2.05, 4.69) is 47.0 Å². The van der Waals surface area contributed by atoms with Gasteiger partial charge >= 0.3 is 0 Å². The lowest BCUT2D eigenvalue weighted by molar-refractivity contribution is 0.181. The molecular formula is C19H44O3Si2. The molecule has 0 saturated heterocycles. The van der Waals surface area contributed by atoms with Gasteiger partial charge in [0.2, 0.25) is 0 Å². The fraction of sp³-hybridized carbons (Fsp3) is 1.00. The fourth-order valence-electron chi connectivity index (χ4n) is 3.64. The lowest BCUT2D eigenvalue weighted by Crippen LogP contribution is -2.53. The predicted molar refractivity (Wildman–Crippen MR) is 111 cm³/mol. The molecule has 0 bridgehead atoms. The number of ether oxygens (including phenoxy) is 2. The molecule has 5 heteroatoms. The Balaban J connectivity index is 5.03. The number of rotatable bonds is 14. The maximum atomic E-state index is 6.99. The fourth-order valence-corrected chi connectivity index (χ4v) is 11.1. The molecule has 0 aromatic carbocycles. The van der Waals surface area contributed by atoms with Crippen LogP contribution in [-0.2, 0) is 13.9 Å². The van der Waals surface area contributed by atoms with Crippen molar-refractivity contribution in [3.63, 3.8) is 0 Å². The van der Waals surface area contributed by atoms with Crippen molar-refractivity contribution in [2.45, 2.75) is 95.9 Å². The third-order valence-electron chi connectivity index (χ3n) is 6.16. The van der Waals surface area contributed by atoms with Crippen LogP contribution in [0.1, 0.15) is 52.9 Å². The number of hydrogen-bond acceptors (Lipinski definition) is 3. The third kappa shape index (κ3) is 7.28. The van der Waals surface area contributed by atoms with Crippen LogP contribution in [0.5, 0.6) is 0 Å². The summed E-state index contributed by atoms with van der Waals surface area (Å²) in [7, 11) is 0.390. The van der Waals surface area contributed by atoms with Gasteiger partial charge in [0.05, 0.1) is 8.07 Å². The van der Waals surface area contributed by atoms with Crippen LogP contribution < -0.4 is 0 Å². The van der Waals surface area contributed by atoms with E-state index in [4.69, 9.17) is 13.9 Å². The van der Waals surface area contributed by atoms with Crippen molar-refractivity contribution in [2.75, 3.05) is 27.4 Å². The lowest BCUT2D eigenvalue weighted by atomic mass is 10.0. The van der Waals surface area contributed by atoms with Gasteiger partial charge < -0.3 is 13.9 Å². The van der Waals surface area contributed by atoms with Crippen molar-refractivity contribution in [1.29, 1.82) is 0 Å². The van der Waals surface area contributed by atoms with Crippen LogP contribution in [-0.4, -0.2) is 49.6 Å². The van der Waals surface area contributed by atoms with Gasteiger partial charge in [0, 0.05) is 33.2 Å². The van der Waals surface area contributed by atoms with Gasteiger partial charge in [-0.05, 0) is 43.8 Å². The quantitative estimate of drug-likeness (QED) is 0.280. The molecule has 0 aromatic rings. The van der Waals surface area contributed by atoms with Crippen molar-refractivity contribution in [3.05, 3.63) is 0 Å². The highest BCUT2D eigenvalue weighted by Crippen LogP contribution is 2.47. The Morgan fingerprint density at radius 2 is 1.46 bits per heavy atom. The highest BCUT2D eigenvalue weighted by atomic mass is 28.4. The van der Waals surface area contributed by atoms with Crippen LogP contribution in [0.4, 0.5) is 0 Å². The van der Waals surface area contributed by atoms with Crippen LogP contribution in [0, 0.1) is 0 Å². The summed E-state index contributed by atoms with van der Waals surface area (Å²) in [4.78, 5) is 0. The van der Waals surface area contributed by atoms with E-state index in [0.717, 1.165) is 32.5 Å². The molecule has 0 aliphatic rings. The van der Waals surface area contributed by atoms with Gasteiger partial charge in [-0.15, -0.1) is 0 Å². The second-order valence-electron chi connectivity index (χ2n) is 8.62. The summed E-state index contributed by atoms with van der Waals surface area (Å²) in [6.07, 6.45) is 5.83. The molecule has 0 saturated carbocycles. The van der Waals surface area contributed by atoms with Crippen LogP contribution in [0.25, 0.3) is 0 Å².